The Balaban J connectivity index is 1.88. The molecule has 1 aliphatic rings. The normalized spacial score (nSPS) is 14.3. The van der Waals surface area contributed by atoms with Gasteiger partial charge in [0.1, 0.15) is 5.00 Å². The third kappa shape index (κ3) is 6.83. The van der Waals surface area contributed by atoms with Crippen LogP contribution < -0.4 is 5.32 Å². The summed E-state index contributed by atoms with van der Waals surface area (Å²) in [6.07, 6.45) is 0.760. The van der Waals surface area contributed by atoms with E-state index in [4.69, 9.17) is 0 Å². The Labute approximate surface area is 232 Å². The highest BCUT2D eigenvalue weighted by Crippen LogP contribution is 2.38. The van der Waals surface area contributed by atoms with E-state index in [9.17, 15) is 18.0 Å². The van der Waals surface area contributed by atoms with Gasteiger partial charge in [-0.05, 0) is 69.0 Å². The monoisotopic (exact) mass is 562 g/mol. The Bertz CT molecular complexity index is 1220. The number of rotatable bonds is 11. The second-order valence-corrected chi connectivity index (χ2v) is 13.8. The Morgan fingerprint density at radius 1 is 1.03 bits per heavy atom. The number of nitrogens with zero attached hydrogens (tertiary/aromatic N) is 3. The van der Waals surface area contributed by atoms with Gasteiger partial charge in [-0.1, -0.05) is 27.7 Å². The number of likely N-dealkylation sites (N-methyl/N-ethyl adjacent to an activating group) is 1. The van der Waals surface area contributed by atoms with E-state index >= 15 is 0 Å². The highest BCUT2D eigenvalue weighted by molar-refractivity contribution is 7.89. The third-order valence-corrected chi connectivity index (χ3v) is 9.61. The minimum Gasteiger partial charge on any atom is -0.339 e. The van der Waals surface area contributed by atoms with E-state index in [1.165, 1.54) is 27.8 Å². The molecule has 38 heavy (non-hydrogen) atoms. The van der Waals surface area contributed by atoms with Crippen molar-refractivity contribution in [3.8, 4) is 0 Å². The van der Waals surface area contributed by atoms with Gasteiger partial charge in [0, 0.05) is 49.7 Å². The van der Waals surface area contributed by atoms with E-state index in [0.717, 1.165) is 30.0 Å². The standard InChI is InChI=1S/C28H42N4O4S2/c1-8-31(9-2)28(34)25-23-14-15-30(7)18-24(23)37-27(25)29-26(33)21-10-12-22(13-11-21)38(35,36)32(16-19(3)4)17-20(5)6/h10-13,19-20H,8-9,14-18H2,1-7H3,(H,29,33). The van der Waals surface area contributed by atoms with Gasteiger partial charge in [-0.25, -0.2) is 8.42 Å². The lowest BCUT2D eigenvalue weighted by molar-refractivity contribution is 0.0772. The van der Waals surface area contributed by atoms with E-state index in [-0.39, 0.29) is 28.5 Å². The minimum absolute atomic E-state index is 0.0656. The smallest absolute Gasteiger partial charge is 0.257 e. The fraction of sp³-hybridized carbons (Fsp3) is 0.571. The molecule has 2 heterocycles. The number of sulfonamides is 1. The van der Waals surface area contributed by atoms with Crippen LogP contribution in [0.4, 0.5) is 5.00 Å². The van der Waals surface area contributed by atoms with Crippen molar-refractivity contribution < 1.29 is 18.0 Å². The summed E-state index contributed by atoms with van der Waals surface area (Å²) in [5, 5.41) is 3.53. The maximum absolute atomic E-state index is 13.4. The van der Waals surface area contributed by atoms with E-state index in [2.05, 4.69) is 10.2 Å². The molecular weight excluding hydrogens is 520 g/mol. The van der Waals surface area contributed by atoms with Crippen LogP contribution in [-0.4, -0.2) is 74.1 Å². The summed E-state index contributed by atoms with van der Waals surface area (Å²) in [4.78, 5) is 31.9. The average Bonchev–Trinajstić information content (AvgIpc) is 3.20. The summed E-state index contributed by atoms with van der Waals surface area (Å²) in [7, 11) is -1.64. The van der Waals surface area contributed by atoms with Gasteiger partial charge in [0.05, 0.1) is 10.5 Å². The van der Waals surface area contributed by atoms with Crippen molar-refractivity contribution in [2.45, 2.75) is 59.4 Å². The third-order valence-electron chi connectivity index (χ3n) is 6.63. The zero-order valence-corrected chi connectivity index (χ0v) is 25.3. The van der Waals surface area contributed by atoms with E-state index in [0.29, 0.717) is 42.3 Å². The van der Waals surface area contributed by atoms with Gasteiger partial charge < -0.3 is 15.1 Å². The molecule has 1 aromatic carbocycles. The molecule has 210 valence electrons. The largest absolute Gasteiger partial charge is 0.339 e. The van der Waals surface area contributed by atoms with Crippen molar-refractivity contribution >= 4 is 38.2 Å². The quantitative estimate of drug-likeness (QED) is 0.426. The molecule has 0 saturated heterocycles. The van der Waals surface area contributed by atoms with Gasteiger partial charge >= 0.3 is 0 Å². The predicted molar refractivity (Wildman–Crippen MR) is 154 cm³/mol. The molecule has 0 saturated carbocycles. The molecular formula is C28H42N4O4S2. The Kier molecular flexibility index (Phi) is 10.1. The molecule has 0 aliphatic carbocycles. The molecule has 3 rings (SSSR count). The topological polar surface area (TPSA) is 90.0 Å². The van der Waals surface area contributed by atoms with E-state index in [1.54, 1.807) is 17.0 Å². The first-order valence-corrected chi connectivity index (χ1v) is 15.7. The van der Waals surface area contributed by atoms with Gasteiger partial charge in [0.15, 0.2) is 0 Å². The summed E-state index contributed by atoms with van der Waals surface area (Å²) in [5.41, 5.74) is 1.96. The molecule has 1 aliphatic heterocycles. The maximum Gasteiger partial charge on any atom is 0.257 e. The van der Waals surface area contributed by atoms with Crippen LogP contribution in [0.2, 0.25) is 0 Å². The van der Waals surface area contributed by atoms with Crippen LogP contribution in [0, 0.1) is 11.8 Å². The van der Waals surface area contributed by atoms with Crippen molar-refractivity contribution in [1.29, 1.82) is 0 Å². The fourth-order valence-electron chi connectivity index (χ4n) is 4.70. The molecule has 2 amide bonds. The first-order valence-electron chi connectivity index (χ1n) is 13.4. The van der Waals surface area contributed by atoms with Crippen LogP contribution >= 0.6 is 11.3 Å². The van der Waals surface area contributed by atoms with Crippen molar-refractivity contribution in [3.63, 3.8) is 0 Å². The van der Waals surface area contributed by atoms with Gasteiger partial charge in [-0.2, -0.15) is 4.31 Å². The molecule has 1 aromatic heterocycles. The Morgan fingerprint density at radius 3 is 2.13 bits per heavy atom. The van der Waals surface area contributed by atoms with Gasteiger partial charge in [-0.3, -0.25) is 9.59 Å². The zero-order valence-electron chi connectivity index (χ0n) is 23.7. The first-order chi connectivity index (χ1) is 17.9. The molecule has 0 radical (unpaired) electrons. The second-order valence-electron chi connectivity index (χ2n) is 10.8. The van der Waals surface area contributed by atoms with Crippen LogP contribution in [0.3, 0.4) is 0 Å². The lowest BCUT2D eigenvalue weighted by Crippen LogP contribution is -2.37. The number of nitrogens with one attached hydrogen (secondary N) is 1. The Morgan fingerprint density at radius 2 is 1.61 bits per heavy atom. The SMILES string of the molecule is CCN(CC)C(=O)c1c(NC(=O)c2ccc(S(=O)(=O)N(CC(C)C)CC(C)C)cc2)sc2c1CCN(C)C2. The fourth-order valence-corrected chi connectivity index (χ4v) is 7.78. The predicted octanol–water partition coefficient (Wildman–Crippen LogP) is 4.77. The number of thiophene rings is 1. The number of benzene rings is 1. The number of carbonyl (C=O) groups excluding carboxylic acids is 2. The van der Waals surface area contributed by atoms with Crippen molar-refractivity contribution in [1.82, 2.24) is 14.1 Å². The number of hydrogen-bond acceptors (Lipinski definition) is 6. The van der Waals surface area contributed by atoms with Gasteiger partial charge in [0.2, 0.25) is 10.0 Å². The minimum atomic E-state index is -3.68. The lowest BCUT2D eigenvalue weighted by atomic mass is 10.0. The van der Waals surface area contributed by atoms with Crippen LogP contribution in [0.5, 0.6) is 0 Å². The summed E-state index contributed by atoms with van der Waals surface area (Å²) >= 11 is 1.45. The van der Waals surface area contributed by atoms with E-state index < -0.39 is 10.0 Å². The van der Waals surface area contributed by atoms with Crippen LogP contribution in [0.15, 0.2) is 29.2 Å². The highest BCUT2D eigenvalue weighted by Gasteiger charge is 2.30. The number of hydrogen-bond donors (Lipinski definition) is 1. The number of fused-ring (bicyclic) bond motifs is 1. The molecule has 0 bridgehead atoms. The molecule has 0 unspecified atom stereocenters. The molecule has 8 nitrogen and oxygen atoms in total. The van der Waals surface area contributed by atoms with Crippen molar-refractivity contribution in [2.24, 2.45) is 11.8 Å². The van der Waals surface area contributed by atoms with Crippen molar-refractivity contribution in [3.05, 3.63) is 45.8 Å². The lowest BCUT2D eigenvalue weighted by Gasteiger charge is -2.25. The zero-order chi connectivity index (χ0) is 28.2. The first kappa shape index (κ1) is 30.3. The van der Waals surface area contributed by atoms with Gasteiger partial charge in [-0.15, -0.1) is 11.3 Å². The molecule has 0 atom stereocenters. The van der Waals surface area contributed by atoms with E-state index in [1.807, 2.05) is 48.6 Å². The molecule has 0 fully saturated rings. The summed E-state index contributed by atoms with van der Waals surface area (Å²) in [5.74, 6) is -0.0450. The van der Waals surface area contributed by atoms with Gasteiger partial charge in [0.25, 0.3) is 11.8 Å². The van der Waals surface area contributed by atoms with Crippen LogP contribution in [0.1, 0.15) is 72.7 Å². The number of carbonyl (C=O) groups is 2. The average molecular weight is 563 g/mol. The number of amides is 2. The van der Waals surface area contributed by atoms with Crippen molar-refractivity contribution in [2.75, 3.05) is 45.1 Å². The van der Waals surface area contributed by atoms with Crippen LogP contribution in [-0.2, 0) is 23.0 Å². The molecule has 0 spiro atoms. The highest BCUT2D eigenvalue weighted by atomic mass is 32.2. The number of anilines is 1. The molecule has 1 N–H and O–H groups in total. The second kappa shape index (κ2) is 12.7. The Hall–Kier alpha value is -2.27. The summed E-state index contributed by atoms with van der Waals surface area (Å²) in [6.45, 7) is 15.5. The summed E-state index contributed by atoms with van der Waals surface area (Å²) < 4.78 is 28.2. The maximum atomic E-state index is 13.4. The van der Waals surface area contributed by atoms with Crippen LogP contribution in [0.25, 0.3) is 0 Å². The molecule has 2 aromatic rings. The summed E-state index contributed by atoms with van der Waals surface area (Å²) in [6, 6.07) is 6.07. The molecule has 10 heteroatoms.